The van der Waals surface area contributed by atoms with Crippen LogP contribution in [0.1, 0.15) is 0 Å². The SMILES string of the molecule is O=C1[C@@H](O)[C@H](Oc2ccccc2)O[C@H](COS(=O)(=O)[O-])[C@H]1O. The second-order valence-electron chi connectivity index (χ2n) is 4.46. The predicted molar refractivity (Wildman–Crippen MR) is 68.4 cm³/mol. The topological polar surface area (TPSA) is 142 Å². The zero-order chi connectivity index (χ0) is 16.3. The van der Waals surface area contributed by atoms with Gasteiger partial charge in [-0.2, -0.15) is 0 Å². The lowest BCUT2D eigenvalue weighted by Crippen LogP contribution is -2.58. The first-order chi connectivity index (χ1) is 10.3. The number of carbonyl (C=O) groups excluding carboxylic acids is 1. The van der Waals surface area contributed by atoms with Crippen LogP contribution in [0.5, 0.6) is 5.75 Å². The molecule has 2 N–H and O–H groups in total. The molecule has 0 aromatic heterocycles. The van der Waals surface area contributed by atoms with Gasteiger partial charge >= 0.3 is 0 Å². The minimum atomic E-state index is -5.01. The van der Waals surface area contributed by atoms with Crippen LogP contribution in [-0.4, -0.2) is 60.2 Å². The van der Waals surface area contributed by atoms with Gasteiger partial charge in [0.05, 0.1) is 6.61 Å². The molecule has 22 heavy (non-hydrogen) atoms. The van der Waals surface area contributed by atoms with Crippen molar-refractivity contribution in [2.75, 3.05) is 6.61 Å². The van der Waals surface area contributed by atoms with Crippen LogP contribution in [0.4, 0.5) is 0 Å². The molecule has 0 bridgehead atoms. The van der Waals surface area contributed by atoms with Gasteiger partial charge in [0, 0.05) is 0 Å². The van der Waals surface area contributed by atoms with Crippen molar-refractivity contribution in [3.05, 3.63) is 30.3 Å². The zero-order valence-electron chi connectivity index (χ0n) is 11.1. The van der Waals surface area contributed by atoms with Crippen LogP contribution in [0, 0.1) is 0 Å². The summed E-state index contributed by atoms with van der Waals surface area (Å²) in [6.07, 6.45) is -6.54. The third kappa shape index (κ3) is 4.22. The lowest BCUT2D eigenvalue weighted by atomic mass is 10.0. The summed E-state index contributed by atoms with van der Waals surface area (Å²) in [6, 6.07) is 8.09. The first-order valence-corrected chi connectivity index (χ1v) is 7.48. The van der Waals surface area contributed by atoms with Crippen molar-refractivity contribution >= 4 is 16.2 Å². The minimum Gasteiger partial charge on any atom is -0.726 e. The fourth-order valence-electron chi connectivity index (χ4n) is 1.82. The van der Waals surface area contributed by atoms with E-state index in [4.69, 9.17) is 9.47 Å². The van der Waals surface area contributed by atoms with E-state index in [1.54, 1.807) is 30.3 Å². The number of para-hydroxylation sites is 1. The number of carbonyl (C=O) groups is 1. The van der Waals surface area contributed by atoms with Crippen molar-refractivity contribution in [3.63, 3.8) is 0 Å². The predicted octanol–water partition coefficient (Wildman–Crippen LogP) is -1.44. The van der Waals surface area contributed by atoms with Crippen LogP contribution in [0.3, 0.4) is 0 Å². The molecule has 9 nitrogen and oxygen atoms in total. The molecule has 0 unspecified atom stereocenters. The summed E-state index contributed by atoms with van der Waals surface area (Å²) in [6.45, 7) is -0.875. The van der Waals surface area contributed by atoms with E-state index in [0.717, 1.165) is 0 Å². The molecular formula is C12H13O9S-. The number of aliphatic hydroxyl groups excluding tert-OH is 2. The Balaban J connectivity index is 2.08. The van der Waals surface area contributed by atoms with Gasteiger partial charge in [-0.3, -0.25) is 8.98 Å². The van der Waals surface area contributed by atoms with E-state index in [0.29, 0.717) is 0 Å². The molecule has 0 saturated carbocycles. The molecular weight excluding hydrogens is 320 g/mol. The van der Waals surface area contributed by atoms with Crippen LogP contribution in [0.2, 0.25) is 0 Å². The van der Waals surface area contributed by atoms with Gasteiger partial charge in [0.25, 0.3) is 0 Å². The second-order valence-corrected chi connectivity index (χ2v) is 5.51. The lowest BCUT2D eigenvalue weighted by Gasteiger charge is -2.35. The van der Waals surface area contributed by atoms with E-state index in [1.807, 2.05) is 0 Å². The summed E-state index contributed by atoms with van der Waals surface area (Å²) in [5.74, 6) is -0.740. The number of hydrogen-bond donors (Lipinski definition) is 2. The van der Waals surface area contributed by atoms with Gasteiger partial charge < -0.3 is 24.2 Å². The first kappa shape index (κ1) is 16.8. The van der Waals surface area contributed by atoms with Crippen molar-refractivity contribution in [2.24, 2.45) is 0 Å². The van der Waals surface area contributed by atoms with Crippen LogP contribution in [0.15, 0.2) is 30.3 Å². The summed E-state index contributed by atoms with van der Waals surface area (Å²) >= 11 is 0. The third-order valence-electron chi connectivity index (χ3n) is 2.87. The van der Waals surface area contributed by atoms with E-state index >= 15 is 0 Å². The van der Waals surface area contributed by atoms with E-state index in [1.165, 1.54) is 0 Å². The molecule has 0 amide bonds. The molecule has 0 spiro atoms. The van der Waals surface area contributed by atoms with Crippen LogP contribution < -0.4 is 4.74 Å². The van der Waals surface area contributed by atoms with Crippen molar-refractivity contribution in [2.45, 2.75) is 24.6 Å². The third-order valence-corrected chi connectivity index (χ3v) is 3.30. The van der Waals surface area contributed by atoms with Crippen LogP contribution in [-0.2, 0) is 24.1 Å². The molecule has 1 heterocycles. The number of hydrogen-bond acceptors (Lipinski definition) is 9. The Morgan fingerprint density at radius 1 is 1.18 bits per heavy atom. The highest BCUT2D eigenvalue weighted by atomic mass is 32.3. The van der Waals surface area contributed by atoms with E-state index in [-0.39, 0.29) is 5.75 Å². The molecule has 2 rings (SSSR count). The van der Waals surface area contributed by atoms with Gasteiger partial charge in [-0.1, -0.05) is 18.2 Å². The Bertz CT molecular complexity index is 615. The van der Waals surface area contributed by atoms with E-state index in [2.05, 4.69) is 4.18 Å². The number of Topliss-reactive ketones (excluding diaryl/α,β-unsaturated/α-hetero) is 1. The molecule has 1 aliphatic rings. The first-order valence-electron chi connectivity index (χ1n) is 6.15. The van der Waals surface area contributed by atoms with Gasteiger partial charge in [-0.15, -0.1) is 0 Å². The second kappa shape index (κ2) is 6.69. The maximum Gasteiger partial charge on any atom is 0.233 e. The summed E-state index contributed by atoms with van der Waals surface area (Å²) < 4.78 is 45.6. The number of ketones is 1. The molecule has 122 valence electrons. The van der Waals surface area contributed by atoms with Gasteiger partial charge in [-0.05, 0) is 12.1 Å². The van der Waals surface area contributed by atoms with Gasteiger partial charge in [0.15, 0.2) is 11.9 Å². The summed E-state index contributed by atoms with van der Waals surface area (Å²) in [4.78, 5) is 11.7. The Labute approximate surface area is 126 Å². The normalized spacial score (nSPS) is 29.3. The smallest absolute Gasteiger partial charge is 0.233 e. The molecule has 4 atom stereocenters. The summed E-state index contributed by atoms with van der Waals surface area (Å²) in [7, 11) is -5.01. The molecule has 1 aliphatic heterocycles. The summed E-state index contributed by atoms with van der Waals surface area (Å²) in [5.41, 5.74) is 0. The number of aliphatic hydroxyl groups is 2. The fourth-order valence-corrected chi connectivity index (χ4v) is 2.12. The molecule has 1 aromatic rings. The van der Waals surface area contributed by atoms with E-state index in [9.17, 15) is 28.0 Å². The molecule has 1 saturated heterocycles. The maximum absolute atomic E-state index is 11.7. The summed E-state index contributed by atoms with van der Waals surface area (Å²) in [5, 5.41) is 19.4. The monoisotopic (exact) mass is 333 g/mol. The Morgan fingerprint density at radius 3 is 2.41 bits per heavy atom. The molecule has 0 aliphatic carbocycles. The quantitative estimate of drug-likeness (QED) is 0.489. The van der Waals surface area contributed by atoms with Gasteiger partial charge in [0.1, 0.15) is 18.0 Å². The maximum atomic E-state index is 11.7. The number of rotatable bonds is 5. The Kier molecular flexibility index (Phi) is 5.11. The standard InChI is InChI=1S/C12H14O9S/c13-9-8(6-19-22(16,17)18)21-12(11(15)10(9)14)20-7-4-2-1-3-5-7/h1-5,8-9,11-13,15H,6H2,(H,16,17,18)/p-1/t8-,9-,11-,12-/m1/s1. The largest absolute Gasteiger partial charge is 0.726 e. The van der Waals surface area contributed by atoms with E-state index < -0.39 is 47.4 Å². The highest BCUT2D eigenvalue weighted by Crippen LogP contribution is 2.22. The van der Waals surface area contributed by atoms with Gasteiger partial charge in [-0.25, -0.2) is 8.42 Å². The highest BCUT2D eigenvalue weighted by Gasteiger charge is 2.45. The highest BCUT2D eigenvalue weighted by molar-refractivity contribution is 7.80. The molecule has 1 aromatic carbocycles. The van der Waals surface area contributed by atoms with Gasteiger partial charge in [0.2, 0.25) is 16.7 Å². The lowest BCUT2D eigenvalue weighted by molar-refractivity contribution is -0.228. The Morgan fingerprint density at radius 2 is 1.82 bits per heavy atom. The zero-order valence-corrected chi connectivity index (χ0v) is 11.9. The number of benzene rings is 1. The van der Waals surface area contributed by atoms with Crippen molar-refractivity contribution in [1.82, 2.24) is 0 Å². The van der Waals surface area contributed by atoms with Crippen LogP contribution >= 0.6 is 0 Å². The van der Waals surface area contributed by atoms with Crippen LogP contribution in [0.25, 0.3) is 0 Å². The molecule has 1 fully saturated rings. The van der Waals surface area contributed by atoms with Crippen molar-refractivity contribution in [1.29, 1.82) is 0 Å². The average Bonchev–Trinajstić information content (AvgIpc) is 2.47. The fraction of sp³-hybridized carbons (Fsp3) is 0.417. The van der Waals surface area contributed by atoms with Crippen molar-refractivity contribution in [3.8, 4) is 5.75 Å². The molecule has 0 radical (unpaired) electrons. The van der Waals surface area contributed by atoms with Crippen molar-refractivity contribution < 1.29 is 41.6 Å². The average molecular weight is 333 g/mol. The minimum absolute atomic E-state index is 0.284. The number of ether oxygens (including phenoxy) is 2. The molecule has 10 heteroatoms. The Hall–Kier alpha value is -1.56.